The molecule has 2 heterocycles. The molecule has 1 aliphatic carbocycles. The summed E-state index contributed by atoms with van der Waals surface area (Å²) in [4.78, 5) is 11.4. The van der Waals surface area contributed by atoms with Crippen LogP contribution in [-0.4, -0.2) is 34.9 Å². The van der Waals surface area contributed by atoms with E-state index >= 15 is 0 Å². The number of aliphatic imine (C=N–C) groups is 1. The standard InChI is InChI=1S/C18H16ClN3O/c1-22-16-5-3-2-4-15(16)21-17(22)12-6-8-13(9-7-12)18-20-14(10-19)11-23-18/h2-9,11,15-16H,10H2,1H3. The summed E-state index contributed by atoms with van der Waals surface area (Å²) in [7, 11) is 2.09. The molecule has 5 heteroatoms. The maximum atomic E-state index is 5.76. The first-order valence-electron chi connectivity index (χ1n) is 7.53. The van der Waals surface area contributed by atoms with Gasteiger partial charge in [-0.1, -0.05) is 36.4 Å². The third-order valence-corrected chi connectivity index (χ3v) is 4.48. The Labute approximate surface area is 139 Å². The van der Waals surface area contributed by atoms with E-state index in [0.717, 1.165) is 22.7 Å². The summed E-state index contributed by atoms with van der Waals surface area (Å²) >= 11 is 5.76. The Bertz CT molecular complexity index is 804. The fourth-order valence-electron chi connectivity index (χ4n) is 2.98. The minimum absolute atomic E-state index is 0.206. The third-order valence-electron chi connectivity index (χ3n) is 4.21. The van der Waals surface area contributed by atoms with Crippen LogP contribution in [0.5, 0.6) is 0 Å². The van der Waals surface area contributed by atoms with Crippen molar-refractivity contribution in [2.45, 2.75) is 18.0 Å². The van der Waals surface area contributed by atoms with Gasteiger partial charge in [-0.2, -0.15) is 0 Å². The molecule has 0 spiro atoms. The highest BCUT2D eigenvalue weighted by Crippen LogP contribution is 2.26. The Morgan fingerprint density at radius 1 is 1.13 bits per heavy atom. The highest BCUT2D eigenvalue weighted by Gasteiger charge is 2.31. The zero-order valence-electron chi connectivity index (χ0n) is 12.7. The van der Waals surface area contributed by atoms with E-state index in [-0.39, 0.29) is 6.04 Å². The van der Waals surface area contributed by atoms with Crippen LogP contribution in [0.2, 0.25) is 0 Å². The van der Waals surface area contributed by atoms with Crippen LogP contribution in [0, 0.1) is 0 Å². The lowest BCUT2D eigenvalue weighted by Crippen LogP contribution is -2.35. The maximum Gasteiger partial charge on any atom is 0.226 e. The second kappa shape index (κ2) is 5.70. The van der Waals surface area contributed by atoms with Gasteiger partial charge in [0.2, 0.25) is 5.89 Å². The summed E-state index contributed by atoms with van der Waals surface area (Å²) in [6.45, 7) is 0. The number of aromatic nitrogens is 1. The minimum Gasteiger partial charge on any atom is -0.444 e. The molecule has 0 radical (unpaired) electrons. The summed E-state index contributed by atoms with van der Waals surface area (Å²) in [5, 5.41) is 0. The summed E-state index contributed by atoms with van der Waals surface area (Å²) in [5.41, 5.74) is 2.77. The molecule has 0 amide bonds. The molecular weight excluding hydrogens is 310 g/mol. The number of fused-ring (bicyclic) bond motifs is 1. The first-order chi connectivity index (χ1) is 11.3. The van der Waals surface area contributed by atoms with Crippen molar-refractivity contribution in [3.63, 3.8) is 0 Å². The van der Waals surface area contributed by atoms with Crippen LogP contribution in [0.1, 0.15) is 11.3 Å². The largest absolute Gasteiger partial charge is 0.444 e. The Morgan fingerprint density at radius 2 is 1.87 bits per heavy atom. The number of likely N-dealkylation sites (N-methyl/N-ethyl adjacent to an activating group) is 1. The van der Waals surface area contributed by atoms with E-state index in [1.54, 1.807) is 6.26 Å². The normalized spacial score (nSPS) is 22.3. The van der Waals surface area contributed by atoms with Gasteiger partial charge in [0.15, 0.2) is 0 Å². The Morgan fingerprint density at radius 3 is 2.57 bits per heavy atom. The van der Waals surface area contributed by atoms with E-state index in [9.17, 15) is 0 Å². The van der Waals surface area contributed by atoms with Crippen molar-refractivity contribution in [3.05, 3.63) is 66.1 Å². The Kier molecular flexibility index (Phi) is 3.54. The van der Waals surface area contributed by atoms with E-state index < -0.39 is 0 Å². The lowest BCUT2D eigenvalue weighted by molar-refractivity contribution is 0.437. The van der Waals surface area contributed by atoms with Crippen LogP contribution in [-0.2, 0) is 5.88 Å². The second-order valence-corrected chi connectivity index (χ2v) is 5.94. The number of allylic oxidation sites excluding steroid dienone is 2. The van der Waals surface area contributed by atoms with Crippen LogP contribution < -0.4 is 0 Å². The second-order valence-electron chi connectivity index (χ2n) is 5.67. The third kappa shape index (κ3) is 2.49. The molecule has 2 aliphatic rings. The number of alkyl halides is 1. The predicted molar refractivity (Wildman–Crippen MR) is 91.7 cm³/mol. The maximum absolute atomic E-state index is 5.76. The van der Waals surface area contributed by atoms with Gasteiger partial charge in [-0.25, -0.2) is 4.98 Å². The van der Waals surface area contributed by atoms with Crippen molar-refractivity contribution in [1.29, 1.82) is 0 Å². The van der Waals surface area contributed by atoms with Crippen LogP contribution >= 0.6 is 11.6 Å². The predicted octanol–water partition coefficient (Wildman–Crippen LogP) is 3.64. The number of halogens is 1. The smallest absolute Gasteiger partial charge is 0.226 e. The highest BCUT2D eigenvalue weighted by molar-refractivity contribution is 6.16. The van der Waals surface area contributed by atoms with E-state index in [1.807, 2.05) is 12.1 Å². The minimum atomic E-state index is 0.206. The molecule has 2 aromatic rings. The van der Waals surface area contributed by atoms with Crippen molar-refractivity contribution in [2.75, 3.05) is 7.05 Å². The number of nitrogens with zero attached hydrogens (tertiary/aromatic N) is 3. The zero-order valence-corrected chi connectivity index (χ0v) is 13.4. The van der Waals surface area contributed by atoms with Crippen LogP contribution in [0.15, 0.2) is 64.2 Å². The van der Waals surface area contributed by atoms with Gasteiger partial charge in [-0.05, 0) is 12.1 Å². The number of rotatable bonds is 3. The molecule has 2 unspecified atom stereocenters. The van der Waals surface area contributed by atoms with E-state index in [2.05, 4.69) is 53.4 Å². The van der Waals surface area contributed by atoms with Crippen molar-refractivity contribution >= 4 is 17.4 Å². The zero-order chi connectivity index (χ0) is 15.8. The molecule has 0 saturated carbocycles. The molecule has 0 fully saturated rings. The first kappa shape index (κ1) is 14.3. The summed E-state index contributed by atoms with van der Waals surface area (Å²) in [5.74, 6) is 1.96. The quantitative estimate of drug-likeness (QED) is 0.809. The molecular formula is C18H16ClN3O. The molecule has 0 bridgehead atoms. The van der Waals surface area contributed by atoms with Gasteiger partial charge in [-0.3, -0.25) is 4.99 Å². The summed E-state index contributed by atoms with van der Waals surface area (Å²) in [6, 6.07) is 8.64. The molecule has 23 heavy (non-hydrogen) atoms. The van der Waals surface area contributed by atoms with Crippen LogP contribution in [0.3, 0.4) is 0 Å². The number of benzene rings is 1. The lowest BCUT2D eigenvalue weighted by Gasteiger charge is -2.24. The van der Waals surface area contributed by atoms with Crippen molar-refractivity contribution in [3.8, 4) is 11.5 Å². The highest BCUT2D eigenvalue weighted by atomic mass is 35.5. The number of hydrogen-bond acceptors (Lipinski definition) is 4. The van der Waals surface area contributed by atoms with E-state index in [4.69, 9.17) is 21.0 Å². The molecule has 1 aromatic carbocycles. The van der Waals surface area contributed by atoms with Crippen molar-refractivity contribution in [2.24, 2.45) is 4.99 Å². The van der Waals surface area contributed by atoms with Crippen LogP contribution in [0.4, 0.5) is 0 Å². The fraction of sp³-hybridized carbons (Fsp3) is 0.222. The molecule has 4 nitrogen and oxygen atoms in total. The molecule has 4 rings (SSSR count). The molecule has 0 N–H and O–H groups in total. The topological polar surface area (TPSA) is 41.6 Å². The van der Waals surface area contributed by atoms with Gasteiger partial charge >= 0.3 is 0 Å². The van der Waals surface area contributed by atoms with E-state index in [0.29, 0.717) is 17.8 Å². The number of hydrogen-bond donors (Lipinski definition) is 0. The van der Waals surface area contributed by atoms with Gasteiger partial charge in [0, 0.05) is 18.2 Å². The Hall–Kier alpha value is -2.33. The van der Waals surface area contributed by atoms with E-state index in [1.165, 1.54) is 0 Å². The molecule has 116 valence electrons. The van der Waals surface area contributed by atoms with Gasteiger partial charge in [0.05, 0.1) is 23.7 Å². The SMILES string of the molecule is CN1C(c2ccc(-c3nc(CCl)co3)cc2)=NC2C=CC=CC21. The molecule has 1 aromatic heterocycles. The number of oxazole rings is 1. The molecule has 2 atom stereocenters. The van der Waals surface area contributed by atoms with Gasteiger partial charge in [0.1, 0.15) is 12.1 Å². The summed E-state index contributed by atoms with van der Waals surface area (Å²) < 4.78 is 5.45. The fourth-order valence-corrected chi connectivity index (χ4v) is 3.10. The molecule has 0 saturated heterocycles. The van der Waals surface area contributed by atoms with Crippen LogP contribution in [0.25, 0.3) is 11.5 Å². The molecule has 1 aliphatic heterocycles. The van der Waals surface area contributed by atoms with Gasteiger partial charge in [0.25, 0.3) is 0 Å². The van der Waals surface area contributed by atoms with Crippen molar-refractivity contribution in [1.82, 2.24) is 9.88 Å². The Balaban J connectivity index is 1.61. The van der Waals surface area contributed by atoms with Gasteiger partial charge in [-0.15, -0.1) is 11.6 Å². The average molecular weight is 326 g/mol. The first-order valence-corrected chi connectivity index (χ1v) is 8.06. The lowest BCUT2D eigenvalue weighted by atomic mass is 10.0. The monoisotopic (exact) mass is 325 g/mol. The summed E-state index contributed by atoms with van der Waals surface area (Å²) in [6.07, 6.45) is 10.1. The van der Waals surface area contributed by atoms with Crippen molar-refractivity contribution < 1.29 is 4.42 Å². The van der Waals surface area contributed by atoms with Gasteiger partial charge < -0.3 is 9.32 Å². The average Bonchev–Trinajstić information content (AvgIpc) is 3.20. The number of amidine groups is 1.